The first-order valence-corrected chi connectivity index (χ1v) is 11.3. The van der Waals surface area contributed by atoms with Gasteiger partial charge in [-0.15, -0.1) is 0 Å². The van der Waals surface area contributed by atoms with Gasteiger partial charge in [0.15, 0.2) is 0 Å². The zero-order chi connectivity index (χ0) is 22.4. The lowest BCUT2D eigenvalue weighted by molar-refractivity contribution is 0.529. The SMILES string of the molecule is C=Cc1[nH]c2ccc3c(c2c1C=C)C(C)(C)c1ccc2[nH]c4ccccc4c2c1C3(C)C. The highest BCUT2D eigenvalue weighted by atomic mass is 14.7. The van der Waals surface area contributed by atoms with Crippen LogP contribution in [-0.4, -0.2) is 9.97 Å². The van der Waals surface area contributed by atoms with E-state index in [4.69, 9.17) is 0 Å². The highest BCUT2D eigenvalue weighted by Crippen LogP contribution is 2.55. The maximum atomic E-state index is 4.14. The monoisotopic (exact) mass is 416 g/mol. The van der Waals surface area contributed by atoms with Gasteiger partial charge in [-0.2, -0.15) is 0 Å². The Morgan fingerprint density at radius 3 is 1.88 bits per heavy atom. The van der Waals surface area contributed by atoms with Gasteiger partial charge in [-0.25, -0.2) is 0 Å². The summed E-state index contributed by atoms with van der Waals surface area (Å²) >= 11 is 0. The van der Waals surface area contributed by atoms with Crippen molar-refractivity contribution in [2.45, 2.75) is 38.5 Å². The van der Waals surface area contributed by atoms with Crippen molar-refractivity contribution in [2.24, 2.45) is 0 Å². The van der Waals surface area contributed by atoms with Crippen molar-refractivity contribution < 1.29 is 0 Å². The van der Waals surface area contributed by atoms with Crippen LogP contribution in [0.2, 0.25) is 0 Å². The lowest BCUT2D eigenvalue weighted by Crippen LogP contribution is -2.37. The molecule has 6 rings (SSSR count). The maximum absolute atomic E-state index is 4.14. The summed E-state index contributed by atoms with van der Waals surface area (Å²) in [6, 6.07) is 17.8. The summed E-state index contributed by atoms with van der Waals surface area (Å²) in [5.74, 6) is 0. The van der Waals surface area contributed by atoms with E-state index in [2.05, 4.69) is 99.4 Å². The van der Waals surface area contributed by atoms with E-state index in [0.29, 0.717) is 0 Å². The largest absolute Gasteiger partial charge is 0.355 e. The van der Waals surface area contributed by atoms with Gasteiger partial charge in [0.2, 0.25) is 0 Å². The smallest absolute Gasteiger partial charge is 0.0468 e. The van der Waals surface area contributed by atoms with Gasteiger partial charge in [-0.05, 0) is 46.5 Å². The Morgan fingerprint density at radius 1 is 0.656 bits per heavy atom. The van der Waals surface area contributed by atoms with E-state index in [1.54, 1.807) is 0 Å². The maximum Gasteiger partial charge on any atom is 0.0468 e. The normalized spacial score (nSPS) is 16.2. The second-order valence-corrected chi connectivity index (χ2v) is 10.1. The number of aromatic amines is 2. The predicted molar refractivity (Wildman–Crippen MR) is 139 cm³/mol. The minimum Gasteiger partial charge on any atom is -0.355 e. The minimum atomic E-state index is -0.162. The van der Waals surface area contributed by atoms with Gasteiger partial charge in [0.25, 0.3) is 0 Å². The third-order valence-electron chi connectivity index (χ3n) is 7.71. The van der Waals surface area contributed by atoms with E-state index < -0.39 is 0 Å². The fourth-order valence-corrected chi connectivity index (χ4v) is 6.26. The summed E-state index contributed by atoms with van der Waals surface area (Å²) in [5.41, 5.74) is 11.0. The van der Waals surface area contributed by atoms with Gasteiger partial charge in [0.1, 0.15) is 0 Å². The van der Waals surface area contributed by atoms with E-state index in [1.807, 2.05) is 12.2 Å². The average molecular weight is 417 g/mol. The molecule has 0 aliphatic heterocycles. The standard InChI is InChI=1S/C30H28N2/c1-7-17-21(8-2)31-23-15-13-19-27(25(17)23)29(3,4)20-14-16-24-26(28(20)30(19,5)6)18-11-9-10-12-22(18)32-24/h7-16,31-32H,1-2H2,3-6H3. The first kappa shape index (κ1) is 19.2. The molecule has 0 spiro atoms. The molecule has 2 N–H and O–H groups in total. The van der Waals surface area contributed by atoms with Gasteiger partial charge < -0.3 is 9.97 Å². The molecular formula is C30H28N2. The van der Waals surface area contributed by atoms with E-state index >= 15 is 0 Å². The van der Waals surface area contributed by atoms with E-state index in [0.717, 1.165) is 16.8 Å². The molecule has 0 atom stereocenters. The summed E-state index contributed by atoms with van der Waals surface area (Å²) < 4.78 is 0. The Balaban J connectivity index is 1.82. The molecule has 0 fully saturated rings. The second kappa shape index (κ2) is 6.04. The van der Waals surface area contributed by atoms with Gasteiger partial charge in [0.05, 0.1) is 0 Å². The summed E-state index contributed by atoms with van der Waals surface area (Å²) in [7, 11) is 0. The number of benzene rings is 3. The van der Waals surface area contributed by atoms with Crippen LogP contribution in [0.3, 0.4) is 0 Å². The van der Waals surface area contributed by atoms with Crippen molar-refractivity contribution in [3.63, 3.8) is 0 Å². The summed E-state index contributed by atoms with van der Waals surface area (Å²) in [6.07, 6.45) is 3.87. The molecule has 32 heavy (non-hydrogen) atoms. The number of fused-ring (bicyclic) bond motifs is 8. The number of nitrogens with one attached hydrogen (secondary N) is 2. The fraction of sp³-hybridized carbons (Fsp3) is 0.200. The second-order valence-electron chi connectivity index (χ2n) is 10.1. The first-order valence-electron chi connectivity index (χ1n) is 11.3. The van der Waals surface area contributed by atoms with Crippen LogP contribution in [0.1, 0.15) is 61.2 Å². The highest BCUT2D eigenvalue weighted by molar-refractivity contribution is 6.11. The Kier molecular flexibility index (Phi) is 3.62. The average Bonchev–Trinajstić information content (AvgIpc) is 3.34. The van der Waals surface area contributed by atoms with Crippen LogP contribution < -0.4 is 0 Å². The lowest BCUT2D eigenvalue weighted by Gasteiger charge is -2.44. The van der Waals surface area contributed by atoms with Gasteiger partial charge in [-0.1, -0.05) is 77.3 Å². The third-order valence-corrected chi connectivity index (χ3v) is 7.71. The topological polar surface area (TPSA) is 31.6 Å². The number of aromatic nitrogens is 2. The van der Waals surface area contributed by atoms with Crippen molar-refractivity contribution in [3.8, 4) is 0 Å². The zero-order valence-corrected chi connectivity index (χ0v) is 19.2. The molecule has 158 valence electrons. The Bertz CT molecular complexity index is 1600. The van der Waals surface area contributed by atoms with Crippen LogP contribution in [0.15, 0.2) is 61.7 Å². The molecule has 0 radical (unpaired) electrons. The van der Waals surface area contributed by atoms with Crippen molar-refractivity contribution in [3.05, 3.63) is 95.2 Å². The summed E-state index contributed by atoms with van der Waals surface area (Å²) in [4.78, 5) is 7.21. The molecule has 0 bridgehead atoms. The third kappa shape index (κ3) is 2.15. The Hall–Kier alpha value is -3.52. The van der Waals surface area contributed by atoms with Crippen molar-refractivity contribution in [1.82, 2.24) is 9.97 Å². The molecule has 3 aromatic carbocycles. The van der Waals surface area contributed by atoms with Gasteiger partial charge >= 0.3 is 0 Å². The van der Waals surface area contributed by atoms with Crippen molar-refractivity contribution in [2.75, 3.05) is 0 Å². The van der Waals surface area contributed by atoms with Crippen LogP contribution in [-0.2, 0) is 10.8 Å². The molecule has 0 saturated heterocycles. The zero-order valence-electron chi connectivity index (χ0n) is 19.2. The molecule has 0 amide bonds. The summed E-state index contributed by atoms with van der Waals surface area (Å²) in [6.45, 7) is 17.6. The van der Waals surface area contributed by atoms with Crippen molar-refractivity contribution >= 4 is 44.9 Å². The van der Waals surface area contributed by atoms with Crippen molar-refractivity contribution in [1.29, 1.82) is 0 Å². The molecule has 1 aliphatic carbocycles. The molecule has 5 aromatic rings. The van der Waals surface area contributed by atoms with Crippen LogP contribution in [0, 0.1) is 0 Å². The molecular weight excluding hydrogens is 388 g/mol. The first-order chi connectivity index (χ1) is 15.3. The molecule has 2 heteroatoms. The molecule has 1 aliphatic rings. The number of H-pyrrole nitrogens is 2. The summed E-state index contributed by atoms with van der Waals surface area (Å²) in [5, 5.41) is 3.93. The number of hydrogen-bond donors (Lipinski definition) is 2. The van der Waals surface area contributed by atoms with Crippen LogP contribution in [0.25, 0.3) is 44.9 Å². The molecule has 0 unspecified atom stereocenters. The number of rotatable bonds is 2. The molecule has 0 saturated carbocycles. The minimum absolute atomic E-state index is 0.150. The fourth-order valence-electron chi connectivity index (χ4n) is 6.26. The van der Waals surface area contributed by atoms with E-state index in [9.17, 15) is 0 Å². The molecule has 2 nitrogen and oxygen atoms in total. The number of hydrogen-bond acceptors (Lipinski definition) is 0. The van der Waals surface area contributed by atoms with E-state index in [-0.39, 0.29) is 10.8 Å². The predicted octanol–water partition coefficient (Wildman–Crippen LogP) is 8.05. The van der Waals surface area contributed by atoms with Gasteiger partial charge in [0, 0.05) is 54.8 Å². The molecule has 2 aromatic heterocycles. The molecule has 2 heterocycles. The highest BCUT2D eigenvalue weighted by Gasteiger charge is 2.44. The van der Waals surface area contributed by atoms with Crippen LogP contribution in [0.4, 0.5) is 0 Å². The van der Waals surface area contributed by atoms with Gasteiger partial charge in [-0.3, -0.25) is 0 Å². The Labute approximate surface area is 188 Å². The quantitative estimate of drug-likeness (QED) is 0.292. The van der Waals surface area contributed by atoms with Crippen LogP contribution in [0.5, 0.6) is 0 Å². The van der Waals surface area contributed by atoms with E-state index in [1.165, 1.54) is 49.4 Å². The van der Waals surface area contributed by atoms with Crippen LogP contribution >= 0.6 is 0 Å². The lowest BCUT2D eigenvalue weighted by atomic mass is 9.58. The number of para-hydroxylation sites is 1. The Morgan fingerprint density at radius 2 is 1.25 bits per heavy atom.